The van der Waals surface area contributed by atoms with E-state index in [1.165, 1.54) is 0 Å². The fourth-order valence-electron chi connectivity index (χ4n) is 2.37. The molecule has 4 atom stereocenters. The second-order valence-corrected chi connectivity index (χ2v) is 8.78. The molecule has 0 aromatic carbocycles. The third kappa shape index (κ3) is 6.38. The smallest absolute Gasteiger partial charge is 0.460 e. The Hall–Kier alpha value is -1.57. The Morgan fingerprint density at radius 2 is 0.927 bits per heavy atom. The molecule has 0 bridgehead atoms. The van der Waals surface area contributed by atoms with E-state index in [1.807, 2.05) is 0 Å². The lowest BCUT2D eigenvalue weighted by atomic mass is 9.85. The van der Waals surface area contributed by atoms with Gasteiger partial charge in [-0.15, -0.1) is 0 Å². The van der Waals surface area contributed by atoms with Crippen LogP contribution in [0.2, 0.25) is 0 Å². The molecule has 0 saturated heterocycles. The van der Waals surface area contributed by atoms with Crippen LogP contribution in [-0.4, -0.2) is 105 Å². The maximum Gasteiger partial charge on any atom is 0.460 e. The minimum atomic E-state index is -9.01. The summed E-state index contributed by atoms with van der Waals surface area (Å²) in [5, 5.41) is 36.7. The van der Waals surface area contributed by atoms with Gasteiger partial charge in [0.1, 0.15) is 24.9 Å². The summed E-state index contributed by atoms with van der Waals surface area (Å²) in [6, 6.07) is 0. The molecule has 0 radical (unpaired) electrons. The quantitative estimate of drug-likeness (QED) is 0.154. The highest BCUT2D eigenvalue weighted by molar-refractivity contribution is 7.43. The summed E-state index contributed by atoms with van der Waals surface area (Å²) in [6.07, 6.45) is -25.1. The summed E-state index contributed by atoms with van der Waals surface area (Å²) in [6.45, 7) is -2.14. The van der Waals surface area contributed by atoms with E-state index in [2.05, 4.69) is 4.52 Å². The number of aliphatic hydroxyl groups excluding tert-OH is 4. The van der Waals surface area contributed by atoms with E-state index >= 15 is 0 Å². The van der Waals surface area contributed by atoms with E-state index < -0.39 is 92.3 Å². The topological polar surface area (TPSA) is 170 Å². The molecule has 0 aliphatic rings. The van der Waals surface area contributed by atoms with Crippen molar-refractivity contribution >= 4 is 13.6 Å². The van der Waals surface area contributed by atoms with Crippen LogP contribution in [0, 0.1) is 0 Å². The number of halogens is 17. The summed E-state index contributed by atoms with van der Waals surface area (Å²) < 4.78 is 238. The van der Waals surface area contributed by atoms with Crippen molar-refractivity contribution in [2.75, 3.05) is 6.61 Å². The SMILES string of the molecule is O=C(COP(=O)([O-])[O-])C(O)C(O)[C@H](O)[C@@H](O)C(F)(F)C(F)(F)C(F)(F)C(F)(F)C(F)(F)C(F)(F)C(F)(F)C(F)(F)F. The lowest BCUT2D eigenvalue weighted by Gasteiger charge is -2.44. The van der Waals surface area contributed by atoms with E-state index in [4.69, 9.17) is 5.11 Å². The monoisotopic (exact) mass is 676 g/mol. The van der Waals surface area contributed by atoms with Crippen molar-refractivity contribution in [1.29, 1.82) is 0 Å². The lowest BCUT2D eigenvalue weighted by Crippen LogP contribution is -2.75. The first kappa shape index (κ1) is 39.4. The van der Waals surface area contributed by atoms with Crippen molar-refractivity contribution in [3.8, 4) is 0 Å². The first-order valence-corrected chi connectivity index (χ1v) is 10.6. The van der Waals surface area contributed by atoms with E-state index in [1.54, 1.807) is 0 Å². The molecule has 0 aromatic heterocycles. The number of aliphatic hydroxyl groups is 4. The van der Waals surface area contributed by atoms with E-state index in [0.29, 0.717) is 0 Å². The molecule has 0 aliphatic carbocycles. The predicted molar refractivity (Wildman–Crippen MR) is 83.3 cm³/mol. The number of hydrogen-bond donors (Lipinski definition) is 4. The first-order chi connectivity index (χ1) is 17.5. The van der Waals surface area contributed by atoms with Crippen LogP contribution in [0.25, 0.3) is 0 Å². The van der Waals surface area contributed by atoms with Gasteiger partial charge in [0.2, 0.25) is 0 Å². The number of phosphoric acid groups is 1. The second kappa shape index (κ2) is 11.2. The Labute approximate surface area is 212 Å². The van der Waals surface area contributed by atoms with Crippen LogP contribution in [0.1, 0.15) is 0 Å². The number of carbonyl (C=O) groups excluding carboxylic acids is 1. The zero-order valence-electron chi connectivity index (χ0n) is 18.2. The molecule has 0 rings (SSSR count). The van der Waals surface area contributed by atoms with Crippen molar-refractivity contribution in [3.05, 3.63) is 0 Å². The highest BCUT2D eigenvalue weighted by atomic mass is 31.2. The molecule has 9 nitrogen and oxygen atoms in total. The van der Waals surface area contributed by atoms with Crippen LogP contribution in [0.3, 0.4) is 0 Å². The first-order valence-electron chi connectivity index (χ1n) is 9.15. The zero-order valence-corrected chi connectivity index (χ0v) is 19.1. The number of alkyl halides is 17. The number of phosphoric ester groups is 1. The Morgan fingerprint density at radius 1 is 0.610 bits per heavy atom. The maximum absolute atomic E-state index is 14.0. The molecule has 0 amide bonds. The van der Waals surface area contributed by atoms with Crippen LogP contribution >= 0.6 is 7.82 Å². The summed E-state index contributed by atoms with van der Waals surface area (Å²) in [5.41, 5.74) is 0. The molecule has 27 heteroatoms. The van der Waals surface area contributed by atoms with Crippen molar-refractivity contribution in [2.45, 2.75) is 72.0 Å². The average Bonchev–Trinajstić information content (AvgIpc) is 2.78. The van der Waals surface area contributed by atoms with E-state index in [-0.39, 0.29) is 0 Å². The minimum absolute atomic E-state index is 2.14. The van der Waals surface area contributed by atoms with Crippen LogP contribution in [0.15, 0.2) is 0 Å². The number of Topliss-reactive ketones (excluding diaryl/α,β-unsaturated/α-hetero) is 1. The molecule has 41 heavy (non-hydrogen) atoms. The molecule has 0 saturated carbocycles. The molecular formula is C14H10F17O9P-2. The van der Waals surface area contributed by atoms with Crippen molar-refractivity contribution in [3.63, 3.8) is 0 Å². The Kier molecular flexibility index (Phi) is 10.7. The molecule has 4 N–H and O–H groups in total. The third-order valence-electron chi connectivity index (χ3n) is 4.81. The second-order valence-electron chi connectivity index (χ2n) is 7.62. The Bertz CT molecular complexity index is 995. The van der Waals surface area contributed by atoms with E-state index in [0.717, 1.165) is 0 Å². The number of carbonyl (C=O) groups is 1. The van der Waals surface area contributed by atoms with Gasteiger partial charge in [0, 0.05) is 0 Å². The molecule has 0 fully saturated rings. The summed E-state index contributed by atoms with van der Waals surface area (Å²) in [4.78, 5) is 31.6. The van der Waals surface area contributed by atoms with Gasteiger partial charge < -0.3 is 39.3 Å². The largest absolute Gasteiger partial charge is 0.790 e. The van der Waals surface area contributed by atoms with Gasteiger partial charge in [0.15, 0.2) is 11.9 Å². The highest BCUT2D eigenvalue weighted by Crippen LogP contribution is 2.64. The van der Waals surface area contributed by atoms with Crippen LogP contribution < -0.4 is 9.79 Å². The van der Waals surface area contributed by atoms with Gasteiger partial charge in [0.05, 0.1) is 7.82 Å². The van der Waals surface area contributed by atoms with Gasteiger partial charge in [0.25, 0.3) is 0 Å². The highest BCUT2D eigenvalue weighted by Gasteiger charge is 2.95. The molecule has 0 aliphatic heterocycles. The van der Waals surface area contributed by atoms with Crippen LogP contribution in [-0.2, 0) is 13.9 Å². The van der Waals surface area contributed by atoms with Crippen molar-refractivity contribution in [1.82, 2.24) is 0 Å². The van der Waals surface area contributed by atoms with Crippen molar-refractivity contribution < 1.29 is 119 Å². The fraction of sp³-hybridized carbons (Fsp3) is 0.929. The normalized spacial score (nSPS) is 18.6. The average molecular weight is 676 g/mol. The fourth-order valence-corrected chi connectivity index (χ4v) is 2.65. The molecule has 0 spiro atoms. The van der Waals surface area contributed by atoms with Gasteiger partial charge in [-0.3, -0.25) is 4.79 Å². The van der Waals surface area contributed by atoms with Gasteiger partial charge in [-0.05, 0) is 0 Å². The summed E-state index contributed by atoms with van der Waals surface area (Å²) >= 11 is 0. The number of hydrogen-bond acceptors (Lipinski definition) is 9. The minimum Gasteiger partial charge on any atom is -0.790 e. The van der Waals surface area contributed by atoms with Gasteiger partial charge in [-0.1, -0.05) is 0 Å². The Morgan fingerprint density at radius 3 is 1.24 bits per heavy atom. The Balaban J connectivity index is 6.56. The summed E-state index contributed by atoms with van der Waals surface area (Å²) in [7, 11) is -6.08. The third-order valence-corrected chi connectivity index (χ3v) is 5.25. The zero-order chi connectivity index (χ0) is 33.8. The van der Waals surface area contributed by atoms with Gasteiger partial charge >= 0.3 is 47.6 Å². The standard InChI is InChI=1S/C14H12F17O9P/c15-7(16,6(36)5(35)4(34)3(33)2(32)1-40-41(37,38)39)8(17,18)9(19,20)10(21,22)11(23,24)12(25,26)13(27,28)14(29,30)31/h3-6,33-36H,1H2,(H2,37,38,39)/p-2/t3?,4?,5-,6+/m0/s1. The predicted octanol–water partition coefficient (Wildman–Crippen LogP) is 0.854. The maximum atomic E-state index is 14.0. The number of rotatable bonds is 14. The van der Waals surface area contributed by atoms with E-state index in [9.17, 15) is 109 Å². The molecule has 0 heterocycles. The molecule has 0 aromatic rings. The van der Waals surface area contributed by atoms with Gasteiger partial charge in [-0.2, -0.15) is 74.6 Å². The van der Waals surface area contributed by atoms with Crippen molar-refractivity contribution in [2.24, 2.45) is 0 Å². The lowest BCUT2D eigenvalue weighted by molar-refractivity contribution is -0.465. The van der Waals surface area contributed by atoms with Gasteiger partial charge in [-0.25, -0.2) is 0 Å². The molecule has 246 valence electrons. The summed E-state index contributed by atoms with van der Waals surface area (Å²) in [5.74, 6) is -62.5. The number of ketones is 1. The molecular weight excluding hydrogens is 666 g/mol. The van der Waals surface area contributed by atoms with Crippen LogP contribution in [0.5, 0.6) is 0 Å². The molecule has 2 unspecified atom stereocenters. The van der Waals surface area contributed by atoms with Crippen LogP contribution in [0.4, 0.5) is 74.6 Å².